The number of benzene rings is 1. The van der Waals surface area contributed by atoms with Gasteiger partial charge >= 0.3 is 0 Å². The summed E-state index contributed by atoms with van der Waals surface area (Å²) in [5.74, 6) is 0. The molecule has 92 valence electrons. The lowest BCUT2D eigenvalue weighted by Crippen LogP contribution is -1.88. The Morgan fingerprint density at radius 2 is 1.83 bits per heavy atom. The minimum absolute atomic E-state index is 1.03. The molecule has 1 nitrogen and oxygen atoms in total. The van der Waals surface area contributed by atoms with E-state index in [1.54, 1.807) is 0 Å². The van der Waals surface area contributed by atoms with Gasteiger partial charge in [-0.2, -0.15) is 0 Å². The van der Waals surface area contributed by atoms with Crippen LogP contribution in [0, 0.1) is 13.8 Å². The average Bonchev–Trinajstić information content (AvgIpc) is 2.39. The number of aryl methyl sites for hydroxylation is 2. The molecule has 2 rings (SSSR count). The predicted octanol–water partition coefficient (Wildman–Crippen LogP) is 4.65. The summed E-state index contributed by atoms with van der Waals surface area (Å²) in [6, 6.07) is 12.8. The fraction of sp³-hybridized carbons (Fsp3) is 0.235. The largest absolute Gasteiger partial charge is 0.261 e. The Kier molecular flexibility index (Phi) is 3.93. The van der Waals surface area contributed by atoms with E-state index in [9.17, 15) is 0 Å². The first-order valence-corrected chi connectivity index (χ1v) is 6.40. The maximum absolute atomic E-state index is 4.33. The van der Waals surface area contributed by atoms with Crippen molar-refractivity contribution in [2.45, 2.75) is 27.2 Å². The van der Waals surface area contributed by atoms with Crippen molar-refractivity contribution in [2.75, 3.05) is 0 Å². The van der Waals surface area contributed by atoms with Crippen LogP contribution >= 0.6 is 0 Å². The van der Waals surface area contributed by atoms with Crippen molar-refractivity contribution in [2.24, 2.45) is 0 Å². The predicted molar refractivity (Wildman–Crippen MR) is 78.3 cm³/mol. The third-order valence-electron chi connectivity index (χ3n) is 3.18. The summed E-state index contributed by atoms with van der Waals surface area (Å²) in [7, 11) is 0. The maximum atomic E-state index is 4.33. The molecule has 1 aromatic heterocycles. The van der Waals surface area contributed by atoms with Crippen molar-refractivity contribution in [1.29, 1.82) is 0 Å². The highest BCUT2D eigenvalue weighted by atomic mass is 14.7. The minimum Gasteiger partial charge on any atom is -0.261 e. The number of hydrogen-bond donors (Lipinski definition) is 0. The molecule has 1 heteroatoms. The summed E-state index contributed by atoms with van der Waals surface area (Å²) in [5.41, 5.74) is 6.23. The highest BCUT2D eigenvalue weighted by molar-refractivity contribution is 5.81. The number of pyridine rings is 1. The molecule has 0 fully saturated rings. The molecule has 1 aromatic carbocycles. The second kappa shape index (κ2) is 5.63. The summed E-state index contributed by atoms with van der Waals surface area (Å²) in [6.45, 7) is 6.36. The van der Waals surface area contributed by atoms with Crippen molar-refractivity contribution in [3.05, 3.63) is 65.0 Å². The van der Waals surface area contributed by atoms with Crippen LogP contribution in [0.3, 0.4) is 0 Å². The molecular formula is C17H19N. The number of nitrogens with zero attached hydrogens (tertiary/aromatic N) is 1. The minimum atomic E-state index is 1.03. The van der Waals surface area contributed by atoms with Crippen LogP contribution in [0.25, 0.3) is 11.6 Å². The Hall–Kier alpha value is -1.89. The lowest BCUT2D eigenvalue weighted by atomic mass is 9.99. The Balaban J connectivity index is 2.40. The van der Waals surface area contributed by atoms with Gasteiger partial charge in [0.1, 0.15) is 0 Å². The van der Waals surface area contributed by atoms with Gasteiger partial charge in [-0.3, -0.25) is 4.98 Å². The molecule has 0 amide bonds. The van der Waals surface area contributed by atoms with Crippen LogP contribution in [0.4, 0.5) is 0 Å². The van der Waals surface area contributed by atoms with Crippen LogP contribution in [0.2, 0.25) is 0 Å². The van der Waals surface area contributed by atoms with Gasteiger partial charge in [0.15, 0.2) is 0 Å². The van der Waals surface area contributed by atoms with Gasteiger partial charge in [-0.1, -0.05) is 42.8 Å². The molecule has 0 saturated heterocycles. The van der Waals surface area contributed by atoms with Gasteiger partial charge in [-0.15, -0.1) is 0 Å². The molecule has 0 bridgehead atoms. The van der Waals surface area contributed by atoms with E-state index in [1.165, 1.54) is 22.3 Å². The highest BCUT2D eigenvalue weighted by Crippen LogP contribution is 2.22. The van der Waals surface area contributed by atoms with Gasteiger partial charge in [0.05, 0.1) is 0 Å². The first kappa shape index (κ1) is 12.6. The highest BCUT2D eigenvalue weighted by Gasteiger charge is 2.01. The molecule has 0 N–H and O–H groups in total. The summed E-state index contributed by atoms with van der Waals surface area (Å²) >= 11 is 0. The third kappa shape index (κ3) is 2.86. The van der Waals surface area contributed by atoms with Crippen LogP contribution in [-0.4, -0.2) is 4.98 Å². The molecule has 2 aromatic rings. The second-order valence-electron chi connectivity index (χ2n) is 4.57. The first-order valence-electron chi connectivity index (χ1n) is 6.40. The molecule has 0 atom stereocenters. The van der Waals surface area contributed by atoms with Crippen LogP contribution in [0.15, 0.2) is 42.6 Å². The smallest absolute Gasteiger partial charge is 0.0444 e. The van der Waals surface area contributed by atoms with E-state index in [-0.39, 0.29) is 0 Å². The van der Waals surface area contributed by atoms with Crippen molar-refractivity contribution >= 4 is 11.6 Å². The Morgan fingerprint density at radius 1 is 1.11 bits per heavy atom. The van der Waals surface area contributed by atoms with E-state index < -0.39 is 0 Å². The quantitative estimate of drug-likeness (QED) is 0.757. The standard InChI is InChI=1S/C17H19N/c1-4-15(16-9-7-13(2)8-10-16)12-17-6-5-11-18-14(17)3/h5-12H,4H2,1-3H3/b15-12+. The van der Waals surface area contributed by atoms with Crippen LogP contribution in [-0.2, 0) is 0 Å². The van der Waals surface area contributed by atoms with Crippen LogP contribution < -0.4 is 0 Å². The van der Waals surface area contributed by atoms with Crippen molar-refractivity contribution in [3.8, 4) is 0 Å². The fourth-order valence-electron chi connectivity index (χ4n) is 1.99. The van der Waals surface area contributed by atoms with Crippen LogP contribution in [0.1, 0.15) is 35.7 Å². The molecule has 0 spiro atoms. The van der Waals surface area contributed by atoms with E-state index in [2.05, 4.69) is 55.2 Å². The number of rotatable bonds is 3. The van der Waals surface area contributed by atoms with Crippen molar-refractivity contribution in [3.63, 3.8) is 0 Å². The second-order valence-corrected chi connectivity index (χ2v) is 4.57. The normalized spacial score (nSPS) is 11.6. The number of aromatic nitrogens is 1. The summed E-state index contributed by atoms with van der Waals surface area (Å²) in [6.07, 6.45) is 5.11. The Labute approximate surface area is 109 Å². The van der Waals surface area contributed by atoms with Gasteiger partial charge in [0, 0.05) is 11.9 Å². The van der Waals surface area contributed by atoms with Gasteiger partial charge in [0.25, 0.3) is 0 Å². The van der Waals surface area contributed by atoms with Crippen LogP contribution in [0.5, 0.6) is 0 Å². The molecule has 0 aliphatic heterocycles. The monoisotopic (exact) mass is 237 g/mol. The first-order chi connectivity index (χ1) is 8.70. The molecule has 1 heterocycles. The topological polar surface area (TPSA) is 12.9 Å². The summed E-state index contributed by atoms with van der Waals surface area (Å²) in [4.78, 5) is 4.33. The Bertz CT molecular complexity index is 550. The lowest BCUT2D eigenvalue weighted by molar-refractivity contribution is 1.18. The molecule has 0 radical (unpaired) electrons. The molecule has 0 unspecified atom stereocenters. The fourth-order valence-corrected chi connectivity index (χ4v) is 1.99. The average molecular weight is 237 g/mol. The van der Waals surface area contributed by atoms with Crippen molar-refractivity contribution in [1.82, 2.24) is 4.98 Å². The zero-order chi connectivity index (χ0) is 13.0. The summed E-state index contributed by atoms with van der Waals surface area (Å²) < 4.78 is 0. The van der Waals surface area contributed by atoms with Crippen molar-refractivity contribution < 1.29 is 0 Å². The molecular weight excluding hydrogens is 218 g/mol. The lowest BCUT2D eigenvalue weighted by Gasteiger charge is -2.07. The van der Waals surface area contributed by atoms with E-state index in [4.69, 9.17) is 0 Å². The molecule has 0 aliphatic carbocycles. The molecule has 0 aliphatic rings. The third-order valence-corrected chi connectivity index (χ3v) is 3.18. The zero-order valence-electron chi connectivity index (χ0n) is 11.3. The van der Waals surface area contributed by atoms with E-state index in [1.807, 2.05) is 19.2 Å². The molecule has 18 heavy (non-hydrogen) atoms. The number of hydrogen-bond acceptors (Lipinski definition) is 1. The number of allylic oxidation sites excluding steroid dienone is 1. The van der Waals surface area contributed by atoms with E-state index in [0.29, 0.717) is 0 Å². The van der Waals surface area contributed by atoms with Gasteiger partial charge < -0.3 is 0 Å². The van der Waals surface area contributed by atoms with E-state index >= 15 is 0 Å². The van der Waals surface area contributed by atoms with Gasteiger partial charge in [0.2, 0.25) is 0 Å². The SMILES string of the molecule is CC/C(=C\c1cccnc1C)c1ccc(C)cc1. The van der Waals surface area contributed by atoms with Gasteiger partial charge in [-0.25, -0.2) is 0 Å². The maximum Gasteiger partial charge on any atom is 0.0444 e. The summed E-state index contributed by atoms with van der Waals surface area (Å²) in [5, 5.41) is 0. The molecule has 0 saturated carbocycles. The zero-order valence-corrected chi connectivity index (χ0v) is 11.3. The van der Waals surface area contributed by atoms with E-state index in [0.717, 1.165) is 12.1 Å². The van der Waals surface area contributed by atoms with Gasteiger partial charge in [-0.05, 0) is 49.1 Å². The Morgan fingerprint density at radius 3 is 2.44 bits per heavy atom.